The second-order valence-electron chi connectivity index (χ2n) is 4.67. The Hall–Kier alpha value is -1.63. The number of allylic oxidation sites excluding steroid dienone is 2. The van der Waals surface area contributed by atoms with Crippen LogP contribution in [0.3, 0.4) is 0 Å². The minimum Gasteiger partial charge on any atom is -0.289 e. The van der Waals surface area contributed by atoms with Gasteiger partial charge in [0.1, 0.15) is 0 Å². The van der Waals surface area contributed by atoms with Crippen molar-refractivity contribution in [3.63, 3.8) is 0 Å². The summed E-state index contributed by atoms with van der Waals surface area (Å²) < 4.78 is 0. The third-order valence-corrected chi connectivity index (χ3v) is 3.09. The normalized spacial score (nSPS) is 18.2. The molecule has 1 aliphatic rings. The highest BCUT2D eigenvalue weighted by Gasteiger charge is 2.09. The molecule has 1 aliphatic carbocycles. The van der Waals surface area contributed by atoms with Crippen molar-refractivity contribution in [2.45, 2.75) is 26.7 Å². The lowest BCUT2D eigenvalue weighted by Gasteiger charge is -2.08. The zero-order valence-electron chi connectivity index (χ0n) is 10.4. The van der Waals surface area contributed by atoms with Gasteiger partial charge in [-0.05, 0) is 34.9 Å². The lowest BCUT2D eigenvalue weighted by molar-refractivity contribution is -0.109. The van der Waals surface area contributed by atoms with E-state index in [1.165, 1.54) is 0 Å². The first kappa shape index (κ1) is 11.8. The molecule has 0 bridgehead atoms. The molecule has 2 rings (SSSR count). The number of carbonyl (C=O) groups excluding carboxylic acids is 1. The highest BCUT2D eigenvalue weighted by atomic mass is 16.1. The first-order valence-electron chi connectivity index (χ1n) is 6.25. The van der Waals surface area contributed by atoms with E-state index < -0.39 is 0 Å². The van der Waals surface area contributed by atoms with Gasteiger partial charge in [-0.25, -0.2) is 0 Å². The summed E-state index contributed by atoms with van der Waals surface area (Å²) in [6, 6.07) is 8.00. The maximum atomic E-state index is 11.9. The molecule has 1 nitrogen and oxygen atoms in total. The number of fused-ring (bicyclic) bond motifs is 1. The zero-order valence-corrected chi connectivity index (χ0v) is 10.4. The summed E-state index contributed by atoms with van der Waals surface area (Å²) in [5.74, 6) is 0.598. The van der Waals surface area contributed by atoms with Crippen molar-refractivity contribution in [1.82, 2.24) is 0 Å². The van der Waals surface area contributed by atoms with Crippen LogP contribution in [0.25, 0.3) is 12.2 Å². The molecular weight excluding hydrogens is 208 g/mol. The van der Waals surface area contributed by atoms with Crippen LogP contribution in [0.4, 0.5) is 0 Å². The van der Waals surface area contributed by atoms with Gasteiger partial charge in [0, 0.05) is 5.57 Å². The monoisotopic (exact) mass is 226 g/mol. The summed E-state index contributed by atoms with van der Waals surface area (Å²) in [7, 11) is 0. The van der Waals surface area contributed by atoms with Crippen LogP contribution in [-0.2, 0) is 4.79 Å². The van der Waals surface area contributed by atoms with Crippen LogP contribution in [0.1, 0.15) is 26.7 Å². The van der Waals surface area contributed by atoms with Gasteiger partial charge in [0.15, 0.2) is 5.78 Å². The number of rotatable bonds is 3. The van der Waals surface area contributed by atoms with Gasteiger partial charge in [-0.1, -0.05) is 50.6 Å². The fraction of sp³-hybridized carbons (Fsp3) is 0.312. The molecule has 0 radical (unpaired) electrons. The molecular formula is C16H18O. The fourth-order valence-corrected chi connectivity index (χ4v) is 2.21. The molecule has 0 saturated carbocycles. The van der Waals surface area contributed by atoms with Crippen molar-refractivity contribution in [2.24, 2.45) is 5.92 Å². The lowest BCUT2D eigenvalue weighted by atomic mass is 9.96. The lowest BCUT2D eigenvalue weighted by Crippen LogP contribution is -2.29. The highest BCUT2D eigenvalue weighted by Crippen LogP contribution is 2.12. The van der Waals surface area contributed by atoms with Gasteiger partial charge in [-0.2, -0.15) is 0 Å². The first-order chi connectivity index (χ1) is 8.20. The van der Waals surface area contributed by atoms with Gasteiger partial charge < -0.3 is 0 Å². The van der Waals surface area contributed by atoms with Crippen LogP contribution in [0.2, 0.25) is 0 Å². The summed E-state index contributed by atoms with van der Waals surface area (Å²) in [6.07, 6.45) is 8.12. The van der Waals surface area contributed by atoms with Crippen LogP contribution in [0.15, 0.2) is 35.9 Å². The Morgan fingerprint density at radius 2 is 1.82 bits per heavy atom. The second-order valence-corrected chi connectivity index (χ2v) is 4.67. The Kier molecular flexibility index (Phi) is 3.58. The molecule has 1 aromatic carbocycles. The van der Waals surface area contributed by atoms with Gasteiger partial charge in [0.05, 0.1) is 0 Å². The smallest absolute Gasteiger partial charge is 0.186 e. The Morgan fingerprint density at radius 3 is 2.47 bits per heavy atom. The molecule has 88 valence electrons. The number of carbonyl (C=O) groups is 1. The van der Waals surface area contributed by atoms with Gasteiger partial charge >= 0.3 is 0 Å². The topological polar surface area (TPSA) is 17.1 Å². The van der Waals surface area contributed by atoms with Gasteiger partial charge in [-0.3, -0.25) is 4.79 Å². The molecule has 0 amide bonds. The van der Waals surface area contributed by atoms with Crippen LogP contribution >= 0.6 is 0 Å². The van der Waals surface area contributed by atoms with Gasteiger partial charge in [-0.15, -0.1) is 0 Å². The largest absolute Gasteiger partial charge is 0.289 e. The number of ketones is 1. The van der Waals surface area contributed by atoms with E-state index in [1.54, 1.807) is 6.08 Å². The third-order valence-electron chi connectivity index (χ3n) is 3.09. The molecule has 1 heteroatoms. The summed E-state index contributed by atoms with van der Waals surface area (Å²) in [5.41, 5.74) is 0.838. The van der Waals surface area contributed by atoms with Crippen LogP contribution in [-0.4, -0.2) is 5.78 Å². The molecule has 0 saturated heterocycles. The zero-order chi connectivity index (χ0) is 12.3. The van der Waals surface area contributed by atoms with Crippen LogP contribution < -0.4 is 10.4 Å². The minimum atomic E-state index is 0.131. The fourth-order valence-electron chi connectivity index (χ4n) is 2.21. The van der Waals surface area contributed by atoms with Crippen molar-refractivity contribution in [1.29, 1.82) is 0 Å². The van der Waals surface area contributed by atoms with Crippen molar-refractivity contribution in [3.05, 3.63) is 46.4 Å². The van der Waals surface area contributed by atoms with E-state index in [1.807, 2.05) is 24.3 Å². The Labute approximate surface area is 102 Å². The van der Waals surface area contributed by atoms with Crippen molar-refractivity contribution >= 4 is 17.9 Å². The molecule has 1 unspecified atom stereocenters. The minimum absolute atomic E-state index is 0.131. The Balaban J connectivity index is 2.40. The average Bonchev–Trinajstić information content (AvgIpc) is 2.30. The molecule has 0 aliphatic heterocycles. The third kappa shape index (κ3) is 2.73. The van der Waals surface area contributed by atoms with E-state index in [4.69, 9.17) is 0 Å². The van der Waals surface area contributed by atoms with E-state index in [0.717, 1.165) is 28.9 Å². The quantitative estimate of drug-likeness (QED) is 0.722. The van der Waals surface area contributed by atoms with E-state index in [0.29, 0.717) is 5.92 Å². The molecule has 0 aromatic heterocycles. The average molecular weight is 226 g/mol. The number of Topliss-reactive ketones (excluding diaryl/α,β-unsaturated/α-hetero) is 1. The first-order valence-corrected chi connectivity index (χ1v) is 6.25. The molecule has 0 N–H and O–H groups in total. The van der Waals surface area contributed by atoms with E-state index >= 15 is 0 Å². The van der Waals surface area contributed by atoms with E-state index in [2.05, 4.69) is 26.0 Å². The molecule has 17 heavy (non-hydrogen) atoms. The predicted molar refractivity (Wildman–Crippen MR) is 71.8 cm³/mol. The maximum absolute atomic E-state index is 11.9. The number of benzene rings is 1. The standard InChI is InChI=1S/C16H18O/c1-3-6-12(2)9-15-10-13-7-4-5-8-14(13)11-16(15)17/h4-5,7-12H,3,6H2,1-2H3. The van der Waals surface area contributed by atoms with Crippen LogP contribution in [0, 0.1) is 5.92 Å². The number of hydrogen-bond acceptors (Lipinski definition) is 1. The molecule has 1 aromatic rings. The summed E-state index contributed by atoms with van der Waals surface area (Å²) in [6.45, 7) is 4.33. The second kappa shape index (κ2) is 5.13. The summed E-state index contributed by atoms with van der Waals surface area (Å²) in [5, 5.41) is 2.17. The molecule has 0 spiro atoms. The van der Waals surface area contributed by atoms with E-state index in [-0.39, 0.29) is 5.78 Å². The Morgan fingerprint density at radius 1 is 1.18 bits per heavy atom. The Bertz CT molecular complexity index is 563. The van der Waals surface area contributed by atoms with Crippen molar-refractivity contribution < 1.29 is 4.79 Å². The molecule has 0 fully saturated rings. The van der Waals surface area contributed by atoms with Gasteiger partial charge in [0.2, 0.25) is 0 Å². The van der Waals surface area contributed by atoms with Crippen molar-refractivity contribution in [3.8, 4) is 0 Å². The predicted octanol–water partition coefficient (Wildman–Crippen LogP) is 2.19. The SMILES string of the molecule is CCCC(C)C=C1C=c2ccccc2=CC1=O. The van der Waals surface area contributed by atoms with Crippen molar-refractivity contribution in [2.75, 3.05) is 0 Å². The maximum Gasteiger partial charge on any atom is 0.186 e. The molecule has 1 atom stereocenters. The summed E-state index contributed by atoms with van der Waals surface area (Å²) in [4.78, 5) is 11.9. The van der Waals surface area contributed by atoms with E-state index in [9.17, 15) is 4.79 Å². The molecule has 0 heterocycles. The highest BCUT2D eigenvalue weighted by molar-refractivity contribution is 6.22. The van der Waals surface area contributed by atoms with Gasteiger partial charge in [0.25, 0.3) is 0 Å². The van der Waals surface area contributed by atoms with Crippen LogP contribution in [0.5, 0.6) is 0 Å². The summed E-state index contributed by atoms with van der Waals surface area (Å²) >= 11 is 0. The number of hydrogen-bond donors (Lipinski definition) is 0.